The highest BCUT2D eigenvalue weighted by atomic mass is 16.4. The third-order valence-electron chi connectivity index (χ3n) is 2.10. The van der Waals surface area contributed by atoms with E-state index in [1.165, 1.54) is 0 Å². The molecule has 1 aromatic rings. The number of hydrogen-bond acceptors (Lipinski definition) is 2. The molecular formula is C10H13NO2. The number of aromatic carboxylic acids is 1. The van der Waals surface area contributed by atoms with E-state index in [1.807, 2.05) is 6.92 Å². The number of anilines is 1. The van der Waals surface area contributed by atoms with Crippen LogP contribution in [0.2, 0.25) is 0 Å². The first-order chi connectivity index (χ1) is 6.06. The van der Waals surface area contributed by atoms with Gasteiger partial charge in [0.25, 0.3) is 0 Å². The standard InChI is InChI=1S/C10H13NO2/c1-3-7-5-8(10(12)13)6(2)4-9(7)11/h4-5H,3,11H2,1-2H3,(H,12,13). The molecule has 0 atom stereocenters. The summed E-state index contributed by atoms with van der Waals surface area (Å²) in [5.41, 5.74) is 8.32. The molecule has 3 N–H and O–H groups in total. The molecule has 70 valence electrons. The van der Waals surface area contributed by atoms with E-state index in [-0.39, 0.29) is 0 Å². The minimum absolute atomic E-state index is 0.339. The molecule has 0 aliphatic rings. The third-order valence-corrected chi connectivity index (χ3v) is 2.10. The number of hydrogen-bond donors (Lipinski definition) is 2. The first-order valence-corrected chi connectivity index (χ1v) is 4.18. The molecule has 1 aromatic carbocycles. The Kier molecular flexibility index (Phi) is 2.56. The Morgan fingerprint density at radius 1 is 1.54 bits per heavy atom. The Morgan fingerprint density at radius 2 is 2.15 bits per heavy atom. The second kappa shape index (κ2) is 3.47. The van der Waals surface area contributed by atoms with Crippen LogP contribution in [0.25, 0.3) is 0 Å². The Hall–Kier alpha value is -1.51. The molecule has 0 spiro atoms. The van der Waals surface area contributed by atoms with Gasteiger partial charge in [0, 0.05) is 5.69 Å². The zero-order valence-electron chi connectivity index (χ0n) is 7.79. The number of rotatable bonds is 2. The van der Waals surface area contributed by atoms with E-state index >= 15 is 0 Å². The van der Waals surface area contributed by atoms with Crippen molar-refractivity contribution in [3.05, 3.63) is 28.8 Å². The average molecular weight is 179 g/mol. The van der Waals surface area contributed by atoms with Crippen molar-refractivity contribution in [1.82, 2.24) is 0 Å². The van der Waals surface area contributed by atoms with Crippen molar-refractivity contribution in [3.8, 4) is 0 Å². The summed E-state index contributed by atoms with van der Waals surface area (Å²) < 4.78 is 0. The number of benzene rings is 1. The van der Waals surface area contributed by atoms with Crippen LogP contribution in [0, 0.1) is 6.92 Å². The van der Waals surface area contributed by atoms with Gasteiger partial charge in [-0.1, -0.05) is 6.92 Å². The van der Waals surface area contributed by atoms with Crippen LogP contribution in [0.3, 0.4) is 0 Å². The molecule has 0 bridgehead atoms. The van der Waals surface area contributed by atoms with Crippen molar-refractivity contribution in [3.63, 3.8) is 0 Å². The van der Waals surface area contributed by atoms with Crippen LogP contribution in [0.4, 0.5) is 5.69 Å². The minimum atomic E-state index is -0.896. The summed E-state index contributed by atoms with van der Waals surface area (Å²) in [6.07, 6.45) is 0.756. The van der Waals surface area contributed by atoms with E-state index in [1.54, 1.807) is 19.1 Å². The summed E-state index contributed by atoms with van der Waals surface area (Å²) in [6, 6.07) is 3.36. The van der Waals surface area contributed by atoms with Gasteiger partial charge in [-0.3, -0.25) is 0 Å². The molecule has 1 rings (SSSR count). The first kappa shape index (κ1) is 9.58. The number of carboxylic acid groups (broad SMARTS) is 1. The topological polar surface area (TPSA) is 63.3 Å². The lowest BCUT2D eigenvalue weighted by atomic mass is 10.0. The van der Waals surface area contributed by atoms with Gasteiger partial charge in [-0.25, -0.2) is 4.79 Å². The van der Waals surface area contributed by atoms with Gasteiger partial charge < -0.3 is 10.8 Å². The van der Waals surface area contributed by atoms with Crippen LogP contribution in [-0.4, -0.2) is 11.1 Å². The van der Waals surface area contributed by atoms with Gasteiger partial charge in [-0.15, -0.1) is 0 Å². The van der Waals surface area contributed by atoms with Gasteiger partial charge in [0.2, 0.25) is 0 Å². The molecule has 0 aliphatic carbocycles. The van der Waals surface area contributed by atoms with Crippen molar-refractivity contribution in [2.75, 3.05) is 5.73 Å². The number of aryl methyl sites for hydroxylation is 2. The van der Waals surface area contributed by atoms with Crippen LogP contribution < -0.4 is 5.73 Å². The second-order valence-corrected chi connectivity index (χ2v) is 3.02. The Bertz CT molecular complexity index is 345. The highest BCUT2D eigenvalue weighted by Gasteiger charge is 2.09. The van der Waals surface area contributed by atoms with Gasteiger partial charge in [0.05, 0.1) is 5.56 Å². The van der Waals surface area contributed by atoms with Gasteiger partial charge in [-0.05, 0) is 36.6 Å². The largest absolute Gasteiger partial charge is 0.478 e. The fraction of sp³-hybridized carbons (Fsp3) is 0.300. The van der Waals surface area contributed by atoms with E-state index in [0.29, 0.717) is 16.8 Å². The molecule has 0 aliphatic heterocycles. The molecule has 3 heteroatoms. The van der Waals surface area contributed by atoms with Gasteiger partial charge in [0.1, 0.15) is 0 Å². The van der Waals surface area contributed by atoms with Crippen molar-refractivity contribution in [1.29, 1.82) is 0 Å². The van der Waals surface area contributed by atoms with Crippen LogP contribution in [0.5, 0.6) is 0 Å². The zero-order valence-corrected chi connectivity index (χ0v) is 7.79. The maximum Gasteiger partial charge on any atom is 0.335 e. The molecule has 0 heterocycles. The lowest BCUT2D eigenvalue weighted by Gasteiger charge is -2.07. The van der Waals surface area contributed by atoms with Crippen LogP contribution in [-0.2, 0) is 6.42 Å². The van der Waals surface area contributed by atoms with Crippen molar-refractivity contribution < 1.29 is 9.90 Å². The quantitative estimate of drug-likeness (QED) is 0.681. The second-order valence-electron chi connectivity index (χ2n) is 3.02. The third kappa shape index (κ3) is 1.80. The number of nitrogen functional groups attached to an aromatic ring is 1. The Morgan fingerprint density at radius 3 is 2.62 bits per heavy atom. The lowest BCUT2D eigenvalue weighted by molar-refractivity contribution is 0.0696. The average Bonchev–Trinajstić information content (AvgIpc) is 2.03. The fourth-order valence-electron chi connectivity index (χ4n) is 1.31. The summed E-state index contributed by atoms with van der Waals surface area (Å²) in [4.78, 5) is 10.8. The maximum atomic E-state index is 10.8. The van der Waals surface area contributed by atoms with Crippen LogP contribution in [0.1, 0.15) is 28.4 Å². The number of nitrogens with two attached hydrogens (primary N) is 1. The number of carboxylic acids is 1. The van der Waals surface area contributed by atoms with E-state index in [0.717, 1.165) is 12.0 Å². The van der Waals surface area contributed by atoms with Gasteiger partial charge in [0.15, 0.2) is 0 Å². The van der Waals surface area contributed by atoms with E-state index < -0.39 is 5.97 Å². The minimum Gasteiger partial charge on any atom is -0.478 e. The molecule has 0 amide bonds. The fourth-order valence-corrected chi connectivity index (χ4v) is 1.31. The predicted octanol–water partition coefficient (Wildman–Crippen LogP) is 1.84. The molecule has 0 aromatic heterocycles. The van der Waals surface area contributed by atoms with Crippen LogP contribution in [0.15, 0.2) is 12.1 Å². The molecule has 0 saturated carbocycles. The molecule has 0 radical (unpaired) electrons. The van der Waals surface area contributed by atoms with Crippen LogP contribution >= 0.6 is 0 Å². The van der Waals surface area contributed by atoms with Crippen molar-refractivity contribution in [2.24, 2.45) is 0 Å². The molecule has 0 unspecified atom stereocenters. The lowest BCUT2D eigenvalue weighted by Crippen LogP contribution is -2.03. The normalized spacial score (nSPS) is 10.0. The summed E-state index contributed by atoms with van der Waals surface area (Å²) in [5, 5.41) is 8.84. The van der Waals surface area contributed by atoms with Crippen molar-refractivity contribution >= 4 is 11.7 Å². The Balaban J connectivity index is 3.30. The molecule has 0 fully saturated rings. The maximum absolute atomic E-state index is 10.8. The zero-order chi connectivity index (χ0) is 10.0. The van der Waals surface area contributed by atoms with Crippen molar-refractivity contribution in [2.45, 2.75) is 20.3 Å². The van der Waals surface area contributed by atoms with E-state index in [2.05, 4.69) is 0 Å². The van der Waals surface area contributed by atoms with Gasteiger partial charge >= 0.3 is 5.97 Å². The number of carbonyl (C=O) groups is 1. The smallest absolute Gasteiger partial charge is 0.335 e. The molecule has 3 nitrogen and oxygen atoms in total. The summed E-state index contributed by atoms with van der Waals surface area (Å²) in [6.45, 7) is 3.70. The molecule has 13 heavy (non-hydrogen) atoms. The van der Waals surface area contributed by atoms with Gasteiger partial charge in [-0.2, -0.15) is 0 Å². The highest BCUT2D eigenvalue weighted by Crippen LogP contribution is 2.18. The predicted molar refractivity (Wildman–Crippen MR) is 51.9 cm³/mol. The Labute approximate surface area is 77.2 Å². The SMILES string of the molecule is CCc1cc(C(=O)O)c(C)cc1N. The van der Waals surface area contributed by atoms with E-state index in [9.17, 15) is 4.79 Å². The summed E-state index contributed by atoms with van der Waals surface area (Å²) in [5.74, 6) is -0.896. The summed E-state index contributed by atoms with van der Waals surface area (Å²) >= 11 is 0. The molecular weight excluding hydrogens is 166 g/mol. The monoisotopic (exact) mass is 179 g/mol. The molecule has 0 saturated heterocycles. The summed E-state index contributed by atoms with van der Waals surface area (Å²) in [7, 11) is 0. The highest BCUT2D eigenvalue weighted by molar-refractivity contribution is 5.90. The van der Waals surface area contributed by atoms with E-state index in [4.69, 9.17) is 10.8 Å². The first-order valence-electron chi connectivity index (χ1n) is 4.18.